The summed E-state index contributed by atoms with van der Waals surface area (Å²) < 4.78 is 0. The van der Waals surface area contributed by atoms with E-state index < -0.39 is 0 Å². The number of aryl methyl sites for hydroxylation is 1. The predicted molar refractivity (Wildman–Crippen MR) is 137 cm³/mol. The Balaban J connectivity index is 1.05. The molecule has 4 aromatic heterocycles. The highest BCUT2D eigenvalue weighted by Crippen LogP contribution is 2.44. The third-order valence-corrected chi connectivity index (χ3v) is 7.69. The number of hydrogen-bond acceptors (Lipinski definition) is 10. The van der Waals surface area contributed by atoms with Gasteiger partial charge in [0.05, 0.1) is 12.8 Å². The van der Waals surface area contributed by atoms with E-state index in [-0.39, 0.29) is 24.7 Å². The minimum atomic E-state index is -0.158. The monoisotopic (exact) mass is 520 g/mol. The number of rotatable bonds is 9. The standard InChI is InChI=1S/C24H24N8O2S2/c1-14-5-6-18(26-13-14)12-20(34)28-24-32-30-22(36-24)16-8-15(9-16)10-21-29-31-23(35-21)27-19(33)11-17-4-2-3-7-25-17/h2-7,13,15-16H,8-12H2,1H3,(H,27,31,33)(H,28,32,34)/t15-,16+. The topological polar surface area (TPSA) is 136 Å². The van der Waals surface area contributed by atoms with Crippen LogP contribution < -0.4 is 10.6 Å². The number of nitrogens with zero attached hydrogens (tertiary/aromatic N) is 6. The highest BCUT2D eigenvalue weighted by molar-refractivity contribution is 7.15. The van der Waals surface area contributed by atoms with Crippen LogP contribution in [0.15, 0.2) is 42.7 Å². The van der Waals surface area contributed by atoms with Gasteiger partial charge in [-0.3, -0.25) is 19.6 Å². The van der Waals surface area contributed by atoms with E-state index in [9.17, 15) is 9.59 Å². The van der Waals surface area contributed by atoms with Crippen LogP contribution in [0.2, 0.25) is 0 Å². The number of amides is 2. The second kappa shape index (κ2) is 11.0. The minimum absolute atomic E-state index is 0.153. The predicted octanol–water partition coefficient (Wildman–Crippen LogP) is 3.59. The van der Waals surface area contributed by atoms with Gasteiger partial charge in [0.2, 0.25) is 22.1 Å². The summed E-state index contributed by atoms with van der Waals surface area (Å²) in [7, 11) is 0. The van der Waals surface area contributed by atoms with Crippen LogP contribution in [0.1, 0.15) is 45.7 Å². The van der Waals surface area contributed by atoms with Gasteiger partial charge in [0.15, 0.2) is 0 Å². The number of hydrogen-bond donors (Lipinski definition) is 2. The zero-order valence-corrected chi connectivity index (χ0v) is 21.2. The number of aromatic nitrogens is 6. The molecular formula is C24H24N8O2S2. The number of nitrogens with one attached hydrogen (secondary N) is 2. The van der Waals surface area contributed by atoms with Crippen LogP contribution in [0.5, 0.6) is 0 Å². The van der Waals surface area contributed by atoms with Crippen molar-refractivity contribution in [2.75, 3.05) is 10.6 Å². The summed E-state index contributed by atoms with van der Waals surface area (Å²) in [5, 5.41) is 25.2. The maximum atomic E-state index is 12.3. The first-order chi connectivity index (χ1) is 17.5. The Morgan fingerprint density at radius 3 is 2.31 bits per heavy atom. The molecule has 4 aromatic rings. The fourth-order valence-corrected chi connectivity index (χ4v) is 5.71. The van der Waals surface area contributed by atoms with Gasteiger partial charge in [0, 0.05) is 36.1 Å². The van der Waals surface area contributed by atoms with Crippen molar-refractivity contribution in [3.63, 3.8) is 0 Å². The maximum absolute atomic E-state index is 12.3. The molecule has 0 aromatic carbocycles. The Morgan fingerprint density at radius 1 is 0.889 bits per heavy atom. The van der Waals surface area contributed by atoms with Crippen LogP contribution in [-0.2, 0) is 28.9 Å². The Labute approximate surface area is 215 Å². The number of carbonyl (C=O) groups excluding carboxylic acids is 2. The molecule has 0 atom stereocenters. The van der Waals surface area contributed by atoms with Crippen LogP contribution in [-0.4, -0.2) is 42.2 Å². The van der Waals surface area contributed by atoms with Crippen molar-refractivity contribution in [3.05, 3.63) is 69.7 Å². The molecule has 1 aliphatic carbocycles. The Hall–Kier alpha value is -3.64. The van der Waals surface area contributed by atoms with E-state index in [2.05, 4.69) is 41.0 Å². The molecule has 0 bridgehead atoms. The van der Waals surface area contributed by atoms with Gasteiger partial charge in [-0.25, -0.2) is 0 Å². The molecule has 0 radical (unpaired) electrons. The minimum Gasteiger partial charge on any atom is -0.300 e. The normalized spacial score (nSPS) is 16.8. The third kappa shape index (κ3) is 6.32. The van der Waals surface area contributed by atoms with Gasteiger partial charge in [-0.1, -0.05) is 34.8 Å². The molecule has 12 heteroatoms. The molecule has 4 heterocycles. The zero-order valence-electron chi connectivity index (χ0n) is 19.5. The summed E-state index contributed by atoms with van der Waals surface area (Å²) in [6.07, 6.45) is 6.60. The van der Waals surface area contributed by atoms with E-state index in [1.807, 2.05) is 37.3 Å². The van der Waals surface area contributed by atoms with Gasteiger partial charge in [-0.05, 0) is 49.4 Å². The molecule has 36 heavy (non-hydrogen) atoms. The molecule has 0 aliphatic heterocycles. The highest BCUT2D eigenvalue weighted by Gasteiger charge is 2.33. The molecular weight excluding hydrogens is 496 g/mol. The molecule has 2 N–H and O–H groups in total. The van der Waals surface area contributed by atoms with Gasteiger partial charge in [-0.15, -0.1) is 20.4 Å². The first-order valence-corrected chi connectivity index (χ1v) is 13.2. The molecule has 1 aliphatic rings. The third-order valence-electron chi connectivity index (χ3n) is 5.83. The van der Waals surface area contributed by atoms with Crippen LogP contribution >= 0.6 is 22.7 Å². The van der Waals surface area contributed by atoms with Crippen molar-refractivity contribution in [1.82, 2.24) is 30.4 Å². The average molecular weight is 521 g/mol. The zero-order chi connectivity index (χ0) is 24.9. The molecule has 1 saturated carbocycles. The smallest absolute Gasteiger partial charge is 0.232 e. The SMILES string of the molecule is Cc1ccc(CC(=O)Nc2nnc([C@H]3C[C@@H](Cc4nnc(NC(=O)Cc5ccccn5)s4)C3)s2)nc1. The van der Waals surface area contributed by atoms with Crippen molar-refractivity contribution in [1.29, 1.82) is 0 Å². The lowest BCUT2D eigenvalue weighted by Crippen LogP contribution is -2.23. The van der Waals surface area contributed by atoms with E-state index in [0.29, 0.717) is 27.8 Å². The molecule has 0 saturated heterocycles. The van der Waals surface area contributed by atoms with Crippen LogP contribution in [0, 0.1) is 12.8 Å². The molecule has 0 spiro atoms. The molecule has 5 rings (SSSR count). The van der Waals surface area contributed by atoms with Crippen molar-refractivity contribution in [2.24, 2.45) is 5.92 Å². The van der Waals surface area contributed by atoms with Crippen molar-refractivity contribution in [3.8, 4) is 0 Å². The van der Waals surface area contributed by atoms with Crippen LogP contribution in [0.4, 0.5) is 10.3 Å². The summed E-state index contributed by atoms with van der Waals surface area (Å²) in [5.41, 5.74) is 2.49. The highest BCUT2D eigenvalue weighted by atomic mass is 32.1. The van der Waals surface area contributed by atoms with E-state index in [1.165, 1.54) is 22.7 Å². The Bertz CT molecular complexity index is 1330. The van der Waals surface area contributed by atoms with E-state index in [0.717, 1.165) is 40.5 Å². The van der Waals surface area contributed by atoms with Crippen molar-refractivity contribution in [2.45, 2.75) is 44.9 Å². The van der Waals surface area contributed by atoms with Gasteiger partial charge in [0.1, 0.15) is 10.0 Å². The molecule has 1 fully saturated rings. The van der Waals surface area contributed by atoms with Gasteiger partial charge >= 0.3 is 0 Å². The van der Waals surface area contributed by atoms with Crippen molar-refractivity contribution < 1.29 is 9.59 Å². The number of anilines is 2. The maximum Gasteiger partial charge on any atom is 0.232 e. The van der Waals surface area contributed by atoms with Crippen LogP contribution in [0.25, 0.3) is 0 Å². The van der Waals surface area contributed by atoms with E-state index in [4.69, 9.17) is 0 Å². The van der Waals surface area contributed by atoms with Crippen LogP contribution in [0.3, 0.4) is 0 Å². The lowest BCUT2D eigenvalue weighted by molar-refractivity contribution is -0.116. The quantitative estimate of drug-likeness (QED) is 0.342. The number of carbonyl (C=O) groups is 2. The summed E-state index contributed by atoms with van der Waals surface area (Å²) in [5.74, 6) is 0.506. The fraction of sp³-hybridized carbons (Fsp3) is 0.333. The second-order valence-corrected chi connectivity index (χ2v) is 10.9. The molecule has 184 valence electrons. The molecule has 10 nitrogen and oxygen atoms in total. The largest absolute Gasteiger partial charge is 0.300 e. The van der Waals surface area contributed by atoms with Gasteiger partial charge in [0.25, 0.3) is 0 Å². The molecule has 0 unspecified atom stereocenters. The average Bonchev–Trinajstić information content (AvgIpc) is 3.47. The van der Waals surface area contributed by atoms with Crippen molar-refractivity contribution >= 4 is 44.8 Å². The summed E-state index contributed by atoms with van der Waals surface area (Å²) in [6.45, 7) is 1.96. The summed E-state index contributed by atoms with van der Waals surface area (Å²) in [6, 6.07) is 9.28. The number of pyridine rings is 2. The Morgan fingerprint density at radius 2 is 1.61 bits per heavy atom. The van der Waals surface area contributed by atoms with E-state index >= 15 is 0 Å². The lowest BCUT2D eigenvalue weighted by atomic mass is 9.74. The molecule has 2 amide bonds. The Kier molecular flexibility index (Phi) is 7.33. The van der Waals surface area contributed by atoms with E-state index in [1.54, 1.807) is 12.4 Å². The van der Waals surface area contributed by atoms with Gasteiger partial charge in [-0.2, -0.15) is 0 Å². The first kappa shape index (κ1) is 24.1. The lowest BCUT2D eigenvalue weighted by Gasteiger charge is -2.32. The fourth-order valence-electron chi connectivity index (χ4n) is 3.95. The van der Waals surface area contributed by atoms with Gasteiger partial charge < -0.3 is 10.6 Å². The summed E-state index contributed by atoms with van der Waals surface area (Å²) >= 11 is 2.83. The summed E-state index contributed by atoms with van der Waals surface area (Å²) in [4.78, 5) is 32.9. The first-order valence-electron chi connectivity index (χ1n) is 11.6. The second-order valence-electron chi connectivity index (χ2n) is 8.78.